The number of rotatable bonds is 5. The highest BCUT2D eigenvalue weighted by molar-refractivity contribution is 7.80. The summed E-state index contributed by atoms with van der Waals surface area (Å²) in [4.78, 5) is 2.67. The maximum Gasteiger partial charge on any atom is 0.104 e. The molecular formula is C17H19ClN2S. The maximum atomic E-state index is 6.28. The molecule has 2 nitrogen and oxygen atoms in total. The van der Waals surface area contributed by atoms with Crippen LogP contribution in [0.15, 0.2) is 48.5 Å². The molecule has 0 bridgehead atoms. The van der Waals surface area contributed by atoms with Gasteiger partial charge in [-0.25, -0.2) is 0 Å². The SMILES string of the molecule is CC(c1ccccc1Cl)N(C)Cc1ccccc1C(N)=S. The molecule has 0 aromatic heterocycles. The van der Waals surface area contributed by atoms with Crippen LogP contribution < -0.4 is 5.73 Å². The van der Waals surface area contributed by atoms with Crippen LogP contribution in [0.25, 0.3) is 0 Å². The summed E-state index contributed by atoms with van der Waals surface area (Å²) < 4.78 is 0. The molecule has 0 spiro atoms. The Balaban J connectivity index is 2.20. The topological polar surface area (TPSA) is 29.3 Å². The van der Waals surface area contributed by atoms with E-state index < -0.39 is 0 Å². The van der Waals surface area contributed by atoms with E-state index in [1.165, 1.54) is 0 Å². The monoisotopic (exact) mass is 318 g/mol. The minimum Gasteiger partial charge on any atom is -0.389 e. The van der Waals surface area contributed by atoms with Gasteiger partial charge in [-0.1, -0.05) is 66.3 Å². The first-order valence-corrected chi connectivity index (χ1v) is 7.61. The van der Waals surface area contributed by atoms with Gasteiger partial charge in [0.2, 0.25) is 0 Å². The van der Waals surface area contributed by atoms with Gasteiger partial charge < -0.3 is 5.73 Å². The molecule has 0 aliphatic heterocycles. The van der Waals surface area contributed by atoms with Gasteiger partial charge in [0.15, 0.2) is 0 Å². The van der Waals surface area contributed by atoms with Crippen molar-refractivity contribution in [1.29, 1.82) is 0 Å². The molecule has 0 heterocycles. The van der Waals surface area contributed by atoms with Gasteiger partial charge in [-0.05, 0) is 31.2 Å². The van der Waals surface area contributed by atoms with Crippen LogP contribution in [-0.4, -0.2) is 16.9 Å². The molecule has 2 aromatic carbocycles. The van der Waals surface area contributed by atoms with Crippen molar-refractivity contribution in [3.63, 3.8) is 0 Å². The smallest absolute Gasteiger partial charge is 0.104 e. The highest BCUT2D eigenvalue weighted by Gasteiger charge is 2.16. The van der Waals surface area contributed by atoms with E-state index in [1.807, 2.05) is 36.4 Å². The van der Waals surface area contributed by atoms with Crippen molar-refractivity contribution >= 4 is 28.8 Å². The fourth-order valence-corrected chi connectivity index (χ4v) is 2.85. The average Bonchev–Trinajstić information content (AvgIpc) is 2.47. The predicted molar refractivity (Wildman–Crippen MR) is 93.7 cm³/mol. The van der Waals surface area contributed by atoms with E-state index >= 15 is 0 Å². The summed E-state index contributed by atoms with van der Waals surface area (Å²) in [6, 6.07) is 16.1. The molecule has 0 fully saturated rings. The highest BCUT2D eigenvalue weighted by Crippen LogP contribution is 2.27. The van der Waals surface area contributed by atoms with E-state index in [9.17, 15) is 0 Å². The second-order valence-corrected chi connectivity index (χ2v) is 5.98. The van der Waals surface area contributed by atoms with Crippen molar-refractivity contribution in [3.8, 4) is 0 Å². The molecular weight excluding hydrogens is 300 g/mol. The molecule has 4 heteroatoms. The van der Waals surface area contributed by atoms with Gasteiger partial charge >= 0.3 is 0 Å². The normalized spacial score (nSPS) is 12.4. The molecule has 2 N–H and O–H groups in total. The van der Waals surface area contributed by atoms with Crippen molar-refractivity contribution in [2.75, 3.05) is 7.05 Å². The number of nitrogens with zero attached hydrogens (tertiary/aromatic N) is 1. The van der Waals surface area contributed by atoms with Crippen molar-refractivity contribution in [2.24, 2.45) is 5.73 Å². The number of hydrogen-bond acceptors (Lipinski definition) is 2. The van der Waals surface area contributed by atoms with E-state index in [4.69, 9.17) is 29.6 Å². The van der Waals surface area contributed by atoms with Crippen LogP contribution in [0, 0.1) is 0 Å². The Labute approximate surface area is 136 Å². The Kier molecular flexibility index (Phi) is 5.34. The molecule has 21 heavy (non-hydrogen) atoms. The number of hydrogen-bond donors (Lipinski definition) is 1. The fourth-order valence-electron chi connectivity index (χ4n) is 2.36. The van der Waals surface area contributed by atoms with E-state index in [0.29, 0.717) is 4.99 Å². The van der Waals surface area contributed by atoms with E-state index in [1.54, 1.807) is 0 Å². The van der Waals surface area contributed by atoms with Crippen LogP contribution >= 0.6 is 23.8 Å². The summed E-state index contributed by atoms with van der Waals surface area (Å²) >= 11 is 11.4. The first kappa shape index (κ1) is 16.0. The minimum absolute atomic E-state index is 0.207. The zero-order chi connectivity index (χ0) is 15.4. The summed E-state index contributed by atoms with van der Waals surface area (Å²) in [5, 5.41) is 0.791. The first-order valence-electron chi connectivity index (χ1n) is 6.83. The van der Waals surface area contributed by atoms with Gasteiger partial charge in [-0.15, -0.1) is 0 Å². The third-order valence-corrected chi connectivity index (χ3v) is 4.28. The minimum atomic E-state index is 0.207. The van der Waals surface area contributed by atoms with Gasteiger partial charge in [-0.3, -0.25) is 4.90 Å². The van der Waals surface area contributed by atoms with E-state index in [2.05, 4.69) is 31.0 Å². The quantitative estimate of drug-likeness (QED) is 0.839. The lowest BCUT2D eigenvalue weighted by Crippen LogP contribution is -2.24. The Hall–Kier alpha value is -1.42. The van der Waals surface area contributed by atoms with Crippen LogP contribution in [-0.2, 0) is 6.54 Å². The molecule has 0 saturated heterocycles. The molecule has 2 aromatic rings. The number of nitrogens with two attached hydrogens (primary N) is 1. The number of thiocarbonyl (C=S) groups is 1. The van der Waals surface area contributed by atoms with Crippen molar-refractivity contribution in [1.82, 2.24) is 4.90 Å². The van der Waals surface area contributed by atoms with Crippen LogP contribution in [0.4, 0.5) is 0 Å². The molecule has 0 aliphatic rings. The summed E-state index contributed by atoms with van der Waals surface area (Å²) in [6.45, 7) is 2.91. The van der Waals surface area contributed by atoms with Gasteiger partial charge in [0.1, 0.15) is 4.99 Å². The van der Waals surface area contributed by atoms with Crippen molar-refractivity contribution in [2.45, 2.75) is 19.5 Å². The van der Waals surface area contributed by atoms with Crippen LogP contribution in [0.2, 0.25) is 5.02 Å². The summed E-state index contributed by atoms with van der Waals surface area (Å²) in [5.74, 6) is 0. The molecule has 1 atom stereocenters. The second-order valence-electron chi connectivity index (χ2n) is 5.13. The number of benzene rings is 2. The molecule has 0 aliphatic carbocycles. The van der Waals surface area contributed by atoms with Gasteiger partial charge in [0, 0.05) is 23.2 Å². The standard InChI is InChI=1S/C17H19ClN2S/c1-12(14-8-5-6-10-16(14)18)20(2)11-13-7-3-4-9-15(13)17(19)21/h3-10,12H,11H2,1-2H3,(H2,19,21). The average molecular weight is 319 g/mol. The summed E-state index contributed by atoms with van der Waals surface area (Å²) in [7, 11) is 2.07. The lowest BCUT2D eigenvalue weighted by molar-refractivity contribution is 0.253. The molecule has 0 saturated carbocycles. The van der Waals surface area contributed by atoms with E-state index in [-0.39, 0.29) is 6.04 Å². The summed E-state index contributed by atoms with van der Waals surface area (Å²) in [6.07, 6.45) is 0. The molecule has 1 unspecified atom stereocenters. The van der Waals surface area contributed by atoms with Crippen molar-refractivity contribution < 1.29 is 0 Å². The Bertz CT molecular complexity index is 642. The second kappa shape index (κ2) is 7.03. The predicted octanol–water partition coefficient (Wildman–Crippen LogP) is 4.17. The molecule has 0 radical (unpaired) electrons. The number of halogens is 1. The Morgan fingerprint density at radius 2 is 1.81 bits per heavy atom. The van der Waals surface area contributed by atoms with Crippen molar-refractivity contribution in [3.05, 3.63) is 70.2 Å². The summed E-state index contributed by atoms with van der Waals surface area (Å²) in [5.41, 5.74) is 8.98. The molecule has 110 valence electrons. The largest absolute Gasteiger partial charge is 0.389 e. The van der Waals surface area contributed by atoms with Gasteiger partial charge in [0.05, 0.1) is 0 Å². The zero-order valence-corrected chi connectivity index (χ0v) is 13.8. The molecule has 0 amide bonds. The van der Waals surface area contributed by atoms with Crippen LogP contribution in [0.1, 0.15) is 29.7 Å². The van der Waals surface area contributed by atoms with Crippen LogP contribution in [0.5, 0.6) is 0 Å². The maximum absolute atomic E-state index is 6.28. The van der Waals surface area contributed by atoms with E-state index in [0.717, 1.165) is 28.3 Å². The fraction of sp³-hybridized carbons (Fsp3) is 0.235. The third-order valence-electron chi connectivity index (χ3n) is 3.72. The third kappa shape index (κ3) is 3.82. The van der Waals surface area contributed by atoms with Gasteiger partial charge in [-0.2, -0.15) is 0 Å². The zero-order valence-electron chi connectivity index (χ0n) is 12.2. The van der Waals surface area contributed by atoms with Gasteiger partial charge in [0.25, 0.3) is 0 Å². The lowest BCUT2D eigenvalue weighted by atomic mass is 10.0. The molecule has 2 rings (SSSR count). The Morgan fingerprint density at radius 3 is 2.48 bits per heavy atom. The Morgan fingerprint density at radius 1 is 1.19 bits per heavy atom. The van der Waals surface area contributed by atoms with Crippen LogP contribution in [0.3, 0.4) is 0 Å². The lowest BCUT2D eigenvalue weighted by Gasteiger charge is -2.26. The highest BCUT2D eigenvalue weighted by atomic mass is 35.5. The first-order chi connectivity index (χ1) is 10.0.